The maximum Gasteiger partial charge on any atom is 0.334 e. The molecule has 130 valence electrons. The van der Waals surface area contributed by atoms with Crippen molar-refractivity contribution in [1.29, 1.82) is 0 Å². The standard InChI is InChI=1S/C18H26N4O2/c1-18(2,3)20-17(24)22-15-12-13(6-7-14(15)19-16(22)23)8-11-21-9-4-5-10-21/h6-7,12H,4-5,8-11H2,1-3H3,(H,19,23)(H,20,24). The lowest BCUT2D eigenvalue weighted by molar-refractivity contribution is 0.233. The zero-order chi connectivity index (χ0) is 17.3. The van der Waals surface area contributed by atoms with Crippen molar-refractivity contribution in [2.75, 3.05) is 19.6 Å². The van der Waals surface area contributed by atoms with Crippen LogP contribution < -0.4 is 11.0 Å². The van der Waals surface area contributed by atoms with Crippen LogP contribution in [0, 0.1) is 0 Å². The molecule has 1 amide bonds. The SMILES string of the molecule is CC(C)(C)NC(=O)n1c(=O)[nH]c2ccc(CCN3CCCC3)cc21. The van der Waals surface area contributed by atoms with Crippen molar-refractivity contribution in [3.8, 4) is 0 Å². The number of benzene rings is 1. The van der Waals surface area contributed by atoms with Crippen molar-refractivity contribution in [2.45, 2.75) is 45.6 Å². The van der Waals surface area contributed by atoms with Crippen molar-refractivity contribution in [3.63, 3.8) is 0 Å². The highest BCUT2D eigenvalue weighted by Crippen LogP contribution is 2.15. The summed E-state index contributed by atoms with van der Waals surface area (Å²) in [6.45, 7) is 9.05. The largest absolute Gasteiger partial charge is 0.334 e. The Kier molecular flexibility index (Phi) is 4.49. The monoisotopic (exact) mass is 330 g/mol. The van der Waals surface area contributed by atoms with Gasteiger partial charge >= 0.3 is 11.7 Å². The first-order valence-corrected chi connectivity index (χ1v) is 8.62. The molecule has 6 heteroatoms. The Bertz CT molecular complexity index is 791. The lowest BCUT2D eigenvalue weighted by atomic mass is 10.1. The highest BCUT2D eigenvalue weighted by Gasteiger charge is 2.19. The molecule has 2 N–H and O–H groups in total. The number of carbonyl (C=O) groups excluding carboxylic acids is 1. The molecule has 0 radical (unpaired) electrons. The van der Waals surface area contributed by atoms with E-state index in [0.29, 0.717) is 11.0 Å². The van der Waals surface area contributed by atoms with Gasteiger partial charge in [0.1, 0.15) is 0 Å². The first-order chi connectivity index (χ1) is 11.3. The van der Waals surface area contributed by atoms with E-state index in [0.717, 1.165) is 18.5 Å². The van der Waals surface area contributed by atoms with Gasteiger partial charge in [0.2, 0.25) is 0 Å². The molecule has 0 saturated carbocycles. The van der Waals surface area contributed by atoms with Gasteiger partial charge in [-0.1, -0.05) is 6.07 Å². The van der Waals surface area contributed by atoms with Crippen LogP contribution in [0.1, 0.15) is 39.2 Å². The summed E-state index contributed by atoms with van der Waals surface area (Å²) in [6, 6.07) is 5.47. The molecule has 0 atom stereocenters. The summed E-state index contributed by atoms with van der Waals surface area (Å²) in [4.78, 5) is 29.9. The van der Waals surface area contributed by atoms with Crippen LogP contribution in [0.2, 0.25) is 0 Å². The molecule has 2 aromatic rings. The number of carbonyl (C=O) groups is 1. The van der Waals surface area contributed by atoms with Crippen LogP contribution in [0.3, 0.4) is 0 Å². The fraction of sp³-hybridized carbons (Fsp3) is 0.556. The number of aromatic nitrogens is 2. The molecule has 6 nitrogen and oxygen atoms in total. The molecule has 1 aromatic heterocycles. The minimum absolute atomic E-state index is 0.393. The van der Waals surface area contributed by atoms with Crippen LogP contribution in [0.15, 0.2) is 23.0 Å². The number of aromatic amines is 1. The summed E-state index contributed by atoms with van der Waals surface area (Å²) in [5, 5.41) is 2.85. The molecule has 24 heavy (non-hydrogen) atoms. The normalized spacial score (nSPS) is 16.0. The highest BCUT2D eigenvalue weighted by atomic mass is 16.2. The third-order valence-electron chi connectivity index (χ3n) is 4.35. The van der Waals surface area contributed by atoms with Gasteiger partial charge in [-0.15, -0.1) is 0 Å². The van der Waals surface area contributed by atoms with Crippen LogP contribution in [0.4, 0.5) is 4.79 Å². The molecular weight excluding hydrogens is 304 g/mol. The molecule has 1 fully saturated rings. The molecule has 0 aliphatic carbocycles. The molecule has 1 aliphatic heterocycles. The minimum Gasteiger partial charge on any atom is -0.333 e. The number of H-pyrrole nitrogens is 1. The van der Waals surface area contributed by atoms with E-state index in [9.17, 15) is 9.59 Å². The number of hydrogen-bond donors (Lipinski definition) is 2. The van der Waals surface area contributed by atoms with E-state index in [1.54, 1.807) is 0 Å². The molecule has 3 rings (SSSR count). The van der Waals surface area contributed by atoms with E-state index >= 15 is 0 Å². The van der Waals surface area contributed by atoms with Crippen molar-refractivity contribution in [2.24, 2.45) is 0 Å². The highest BCUT2D eigenvalue weighted by molar-refractivity contribution is 5.89. The van der Waals surface area contributed by atoms with Gasteiger partial charge < -0.3 is 15.2 Å². The average molecular weight is 330 g/mol. The zero-order valence-electron chi connectivity index (χ0n) is 14.7. The van der Waals surface area contributed by atoms with Crippen molar-refractivity contribution >= 4 is 17.1 Å². The predicted molar refractivity (Wildman–Crippen MR) is 95.6 cm³/mol. The second kappa shape index (κ2) is 6.43. The van der Waals surface area contributed by atoms with E-state index in [1.165, 1.54) is 30.5 Å². The molecule has 1 saturated heterocycles. The molecule has 0 spiro atoms. The van der Waals surface area contributed by atoms with E-state index in [1.807, 2.05) is 39.0 Å². The Labute approximate surface area is 141 Å². The first kappa shape index (κ1) is 16.8. The van der Waals surface area contributed by atoms with Crippen LogP contribution in [0.25, 0.3) is 11.0 Å². The van der Waals surface area contributed by atoms with Crippen molar-refractivity contribution in [3.05, 3.63) is 34.2 Å². The van der Waals surface area contributed by atoms with E-state index in [2.05, 4.69) is 15.2 Å². The average Bonchev–Trinajstić information content (AvgIpc) is 3.09. The fourth-order valence-electron chi connectivity index (χ4n) is 3.18. The van der Waals surface area contributed by atoms with E-state index in [-0.39, 0.29) is 0 Å². The van der Waals surface area contributed by atoms with Gasteiger partial charge in [0, 0.05) is 12.1 Å². The molecule has 0 bridgehead atoms. The minimum atomic E-state index is -0.400. The summed E-state index contributed by atoms with van der Waals surface area (Å²) in [5.74, 6) is 0. The third-order valence-corrected chi connectivity index (χ3v) is 4.35. The van der Waals surface area contributed by atoms with Crippen LogP contribution in [-0.4, -0.2) is 45.7 Å². The summed E-state index contributed by atoms with van der Waals surface area (Å²) < 4.78 is 1.19. The van der Waals surface area contributed by atoms with Crippen LogP contribution >= 0.6 is 0 Å². The van der Waals surface area contributed by atoms with Crippen LogP contribution in [0.5, 0.6) is 0 Å². The van der Waals surface area contributed by atoms with Gasteiger partial charge in [0.25, 0.3) is 0 Å². The van der Waals surface area contributed by atoms with Crippen LogP contribution in [-0.2, 0) is 6.42 Å². The number of hydrogen-bond acceptors (Lipinski definition) is 3. The number of fused-ring (bicyclic) bond motifs is 1. The molecule has 2 heterocycles. The Balaban J connectivity index is 1.85. The zero-order valence-corrected chi connectivity index (χ0v) is 14.7. The van der Waals surface area contributed by atoms with Gasteiger partial charge in [-0.05, 0) is 70.8 Å². The number of nitrogens with zero attached hydrogens (tertiary/aromatic N) is 2. The van der Waals surface area contributed by atoms with Crippen molar-refractivity contribution < 1.29 is 4.79 Å². The Morgan fingerprint density at radius 2 is 1.96 bits per heavy atom. The maximum atomic E-state index is 12.5. The molecular formula is C18H26N4O2. The number of likely N-dealkylation sites (tertiary alicyclic amines) is 1. The second-order valence-electron chi connectivity index (χ2n) is 7.60. The number of nitrogens with one attached hydrogen (secondary N) is 2. The summed E-state index contributed by atoms with van der Waals surface area (Å²) in [6.07, 6.45) is 3.49. The van der Waals surface area contributed by atoms with Gasteiger partial charge in [-0.3, -0.25) is 0 Å². The summed E-state index contributed by atoms with van der Waals surface area (Å²) >= 11 is 0. The number of imidazole rings is 1. The van der Waals surface area contributed by atoms with E-state index in [4.69, 9.17) is 0 Å². The summed E-state index contributed by atoms with van der Waals surface area (Å²) in [5.41, 5.74) is 1.68. The Morgan fingerprint density at radius 3 is 2.62 bits per heavy atom. The third kappa shape index (κ3) is 3.70. The maximum absolute atomic E-state index is 12.5. The summed E-state index contributed by atoms with van der Waals surface area (Å²) in [7, 11) is 0. The number of rotatable bonds is 3. The quantitative estimate of drug-likeness (QED) is 0.907. The Hall–Kier alpha value is -2.08. The molecule has 1 aliphatic rings. The van der Waals surface area contributed by atoms with Gasteiger partial charge in [0.15, 0.2) is 0 Å². The number of amides is 1. The topological polar surface area (TPSA) is 70.1 Å². The molecule has 0 unspecified atom stereocenters. The van der Waals surface area contributed by atoms with E-state index < -0.39 is 17.3 Å². The molecule has 1 aromatic carbocycles. The smallest absolute Gasteiger partial charge is 0.333 e. The van der Waals surface area contributed by atoms with Gasteiger partial charge in [-0.25, -0.2) is 14.2 Å². The van der Waals surface area contributed by atoms with Gasteiger partial charge in [0.05, 0.1) is 11.0 Å². The fourth-order valence-corrected chi connectivity index (χ4v) is 3.18. The van der Waals surface area contributed by atoms with Crippen molar-refractivity contribution in [1.82, 2.24) is 19.8 Å². The lowest BCUT2D eigenvalue weighted by Crippen LogP contribution is -2.45. The predicted octanol–water partition coefficient (Wildman–Crippen LogP) is 2.32. The lowest BCUT2D eigenvalue weighted by Gasteiger charge is -2.20. The van der Waals surface area contributed by atoms with Gasteiger partial charge in [-0.2, -0.15) is 0 Å². The second-order valence-corrected chi connectivity index (χ2v) is 7.60. The Morgan fingerprint density at radius 1 is 1.25 bits per heavy atom. The first-order valence-electron chi connectivity index (χ1n) is 8.62.